The zero-order valence-electron chi connectivity index (χ0n) is 21.8. The van der Waals surface area contributed by atoms with Crippen LogP contribution in [0.5, 0.6) is 5.75 Å². The molecule has 1 aromatic heterocycles. The summed E-state index contributed by atoms with van der Waals surface area (Å²) in [5.41, 5.74) is 2.32. The van der Waals surface area contributed by atoms with E-state index in [1.807, 2.05) is 61.5 Å². The van der Waals surface area contributed by atoms with Gasteiger partial charge in [0.15, 0.2) is 5.13 Å². The van der Waals surface area contributed by atoms with Gasteiger partial charge < -0.3 is 15.4 Å². The van der Waals surface area contributed by atoms with Crippen LogP contribution in [0.25, 0.3) is 10.2 Å². The molecule has 0 aliphatic rings. The Labute approximate surface area is 243 Å². The number of anilines is 2. The van der Waals surface area contributed by atoms with Crippen molar-refractivity contribution < 1.29 is 19.2 Å². The molecule has 2 amide bonds. The van der Waals surface area contributed by atoms with Gasteiger partial charge in [0.1, 0.15) is 11.0 Å². The summed E-state index contributed by atoms with van der Waals surface area (Å²) >= 11 is 2.72. The van der Waals surface area contributed by atoms with Crippen LogP contribution in [0.3, 0.4) is 0 Å². The van der Waals surface area contributed by atoms with Gasteiger partial charge in [0.2, 0.25) is 5.91 Å². The number of nitrogens with zero attached hydrogens (tertiary/aromatic N) is 2. The third-order valence-electron chi connectivity index (χ3n) is 5.93. The van der Waals surface area contributed by atoms with Crippen LogP contribution in [-0.2, 0) is 4.79 Å². The van der Waals surface area contributed by atoms with Crippen LogP contribution >= 0.6 is 23.1 Å². The summed E-state index contributed by atoms with van der Waals surface area (Å²) in [5.74, 6) is 0.119. The van der Waals surface area contributed by atoms with Crippen LogP contribution in [0.4, 0.5) is 16.5 Å². The van der Waals surface area contributed by atoms with Gasteiger partial charge in [-0.3, -0.25) is 19.7 Å². The number of nitrogens with one attached hydrogen (secondary N) is 2. The number of fused-ring (bicyclic) bond motifs is 1. The van der Waals surface area contributed by atoms with E-state index >= 15 is 0 Å². The van der Waals surface area contributed by atoms with Crippen molar-refractivity contribution in [1.29, 1.82) is 0 Å². The van der Waals surface area contributed by atoms with Gasteiger partial charge in [-0.05, 0) is 61.0 Å². The number of thioether (sulfide) groups is 1. The van der Waals surface area contributed by atoms with Gasteiger partial charge >= 0.3 is 0 Å². The van der Waals surface area contributed by atoms with Crippen LogP contribution in [0, 0.1) is 10.1 Å². The predicted molar refractivity (Wildman–Crippen MR) is 162 cm³/mol. The van der Waals surface area contributed by atoms with Gasteiger partial charge in [-0.1, -0.05) is 47.7 Å². The molecule has 5 rings (SSSR count). The maximum atomic E-state index is 13.6. The number of benzene rings is 4. The molecule has 0 saturated heterocycles. The largest absolute Gasteiger partial charge is 0.494 e. The van der Waals surface area contributed by atoms with E-state index in [0.717, 1.165) is 26.4 Å². The van der Waals surface area contributed by atoms with E-state index in [0.29, 0.717) is 23.0 Å². The van der Waals surface area contributed by atoms with Crippen molar-refractivity contribution >= 4 is 61.6 Å². The lowest BCUT2D eigenvalue weighted by molar-refractivity contribution is -0.384. The highest BCUT2D eigenvalue weighted by atomic mass is 32.2. The number of rotatable bonds is 10. The van der Waals surface area contributed by atoms with Gasteiger partial charge in [0, 0.05) is 28.3 Å². The molecule has 9 nitrogen and oxygen atoms in total. The van der Waals surface area contributed by atoms with Crippen molar-refractivity contribution in [3.63, 3.8) is 0 Å². The molecule has 4 aromatic carbocycles. The zero-order chi connectivity index (χ0) is 28.8. The highest BCUT2D eigenvalue weighted by Crippen LogP contribution is 2.38. The molecule has 0 radical (unpaired) electrons. The van der Waals surface area contributed by atoms with Crippen molar-refractivity contribution in [1.82, 2.24) is 4.98 Å². The Morgan fingerprint density at radius 1 is 0.976 bits per heavy atom. The fourth-order valence-corrected chi connectivity index (χ4v) is 5.99. The Morgan fingerprint density at radius 2 is 1.76 bits per heavy atom. The maximum Gasteiger partial charge on any atom is 0.269 e. The first kappa shape index (κ1) is 27.8. The number of thiazole rings is 1. The van der Waals surface area contributed by atoms with Crippen LogP contribution in [0.2, 0.25) is 0 Å². The van der Waals surface area contributed by atoms with E-state index in [4.69, 9.17) is 4.74 Å². The van der Waals surface area contributed by atoms with E-state index < -0.39 is 16.1 Å². The summed E-state index contributed by atoms with van der Waals surface area (Å²) in [6.45, 7) is 2.48. The Kier molecular flexibility index (Phi) is 8.56. The molecule has 41 heavy (non-hydrogen) atoms. The molecule has 206 valence electrons. The second-order valence-electron chi connectivity index (χ2n) is 8.77. The van der Waals surface area contributed by atoms with Crippen molar-refractivity contribution in [3.05, 3.63) is 118 Å². The van der Waals surface area contributed by atoms with Gasteiger partial charge in [0.05, 0.1) is 21.7 Å². The average molecular weight is 585 g/mol. The molecule has 2 N–H and O–H groups in total. The molecule has 1 atom stereocenters. The number of nitro benzene ring substituents is 1. The first-order valence-corrected chi connectivity index (χ1v) is 14.3. The molecular formula is C30H24N4O5S2. The smallest absolute Gasteiger partial charge is 0.269 e. The summed E-state index contributed by atoms with van der Waals surface area (Å²) in [6, 6.07) is 27.6. The second-order valence-corrected chi connectivity index (χ2v) is 11.0. The summed E-state index contributed by atoms with van der Waals surface area (Å²) in [7, 11) is 0. The van der Waals surface area contributed by atoms with E-state index in [1.165, 1.54) is 47.4 Å². The number of aromatic nitrogens is 1. The van der Waals surface area contributed by atoms with E-state index in [9.17, 15) is 19.7 Å². The fraction of sp³-hybridized carbons (Fsp3) is 0.100. The summed E-state index contributed by atoms with van der Waals surface area (Å²) in [6.07, 6.45) is 0. The predicted octanol–water partition coefficient (Wildman–Crippen LogP) is 7.33. The first-order valence-electron chi connectivity index (χ1n) is 12.6. The number of hydrogen-bond acceptors (Lipinski definition) is 8. The highest BCUT2D eigenvalue weighted by Gasteiger charge is 2.24. The number of non-ortho nitro benzene ring substituents is 1. The lowest BCUT2D eigenvalue weighted by Crippen LogP contribution is -2.19. The summed E-state index contributed by atoms with van der Waals surface area (Å²) in [5, 5.41) is 16.6. The average Bonchev–Trinajstić information content (AvgIpc) is 3.38. The third kappa shape index (κ3) is 6.89. The van der Waals surface area contributed by atoms with Crippen molar-refractivity contribution in [2.75, 3.05) is 17.2 Å². The SMILES string of the molecule is CCOc1ccc2nc(NC(=O)C(Sc3cccc(NC(=O)c4ccc([N+](=O)[O-])cc4)c3)c3ccccc3)sc2c1. The Hall–Kier alpha value is -4.74. The summed E-state index contributed by atoms with van der Waals surface area (Å²) < 4.78 is 6.49. The van der Waals surface area contributed by atoms with Crippen LogP contribution in [-0.4, -0.2) is 28.3 Å². The van der Waals surface area contributed by atoms with Crippen molar-refractivity contribution in [2.45, 2.75) is 17.1 Å². The van der Waals surface area contributed by atoms with Gasteiger partial charge in [-0.15, -0.1) is 11.8 Å². The minimum atomic E-state index is -0.595. The van der Waals surface area contributed by atoms with Crippen molar-refractivity contribution in [3.8, 4) is 5.75 Å². The molecule has 1 heterocycles. The molecule has 0 aliphatic carbocycles. The molecule has 5 aromatic rings. The number of carbonyl (C=O) groups is 2. The number of hydrogen-bond donors (Lipinski definition) is 2. The number of amides is 2. The molecule has 0 saturated carbocycles. The number of ether oxygens (including phenoxy) is 1. The minimum absolute atomic E-state index is 0.0914. The van der Waals surface area contributed by atoms with Crippen LogP contribution in [0.1, 0.15) is 28.1 Å². The van der Waals surface area contributed by atoms with E-state index in [1.54, 1.807) is 18.2 Å². The molecule has 0 bridgehead atoms. The minimum Gasteiger partial charge on any atom is -0.494 e. The molecule has 0 spiro atoms. The lowest BCUT2D eigenvalue weighted by atomic mass is 10.1. The van der Waals surface area contributed by atoms with Crippen LogP contribution < -0.4 is 15.4 Å². The first-order chi connectivity index (χ1) is 19.9. The summed E-state index contributed by atoms with van der Waals surface area (Å²) in [4.78, 5) is 42.0. The highest BCUT2D eigenvalue weighted by molar-refractivity contribution is 8.00. The molecule has 11 heteroatoms. The molecule has 0 aliphatic heterocycles. The third-order valence-corrected chi connectivity index (χ3v) is 8.11. The Balaban J connectivity index is 1.33. The van der Waals surface area contributed by atoms with E-state index in [-0.39, 0.29) is 11.6 Å². The van der Waals surface area contributed by atoms with Crippen molar-refractivity contribution in [2.24, 2.45) is 0 Å². The molecular weight excluding hydrogens is 560 g/mol. The van der Waals surface area contributed by atoms with Gasteiger partial charge in [0.25, 0.3) is 11.6 Å². The lowest BCUT2D eigenvalue weighted by Gasteiger charge is -2.17. The number of nitro groups is 1. The standard InChI is InChI=1S/C30H24N4O5S2/c1-2-39-23-15-16-25-26(18-23)41-30(32-25)33-29(36)27(19-7-4-3-5-8-19)40-24-10-6-9-21(17-24)31-28(35)20-11-13-22(14-12-20)34(37)38/h3-18,27H,2H2,1H3,(H,31,35)(H,32,33,36). The molecule has 1 unspecified atom stereocenters. The fourth-order valence-electron chi connectivity index (χ4n) is 4.01. The molecule has 0 fully saturated rings. The van der Waals surface area contributed by atoms with Crippen LogP contribution in [0.15, 0.2) is 102 Å². The Morgan fingerprint density at radius 3 is 2.49 bits per heavy atom. The topological polar surface area (TPSA) is 123 Å². The van der Waals surface area contributed by atoms with E-state index in [2.05, 4.69) is 15.6 Å². The Bertz CT molecular complexity index is 1710. The maximum absolute atomic E-state index is 13.6. The normalized spacial score (nSPS) is 11.5. The quantitative estimate of drug-likeness (QED) is 0.100. The van der Waals surface area contributed by atoms with Gasteiger partial charge in [-0.25, -0.2) is 4.98 Å². The second kappa shape index (κ2) is 12.6. The monoisotopic (exact) mass is 584 g/mol. The number of carbonyl (C=O) groups excluding carboxylic acids is 2. The zero-order valence-corrected chi connectivity index (χ0v) is 23.4. The van der Waals surface area contributed by atoms with Gasteiger partial charge in [-0.2, -0.15) is 0 Å².